The summed E-state index contributed by atoms with van der Waals surface area (Å²) in [5.41, 5.74) is 6.38. The van der Waals surface area contributed by atoms with Gasteiger partial charge in [-0.3, -0.25) is 4.90 Å². The lowest BCUT2D eigenvalue weighted by atomic mass is 10.0. The molecule has 0 fully saturated rings. The molecule has 0 aliphatic carbocycles. The maximum Gasteiger partial charge on any atom is 0.316 e. The first-order chi connectivity index (χ1) is 13.7. The highest BCUT2D eigenvalue weighted by Gasteiger charge is 2.17. The van der Waals surface area contributed by atoms with Crippen molar-refractivity contribution >= 4 is 11.4 Å². The average Bonchev–Trinajstić information content (AvgIpc) is 2.74. The Labute approximate surface area is 166 Å². The van der Waals surface area contributed by atoms with Crippen LogP contribution in [0.3, 0.4) is 0 Å². The van der Waals surface area contributed by atoms with Crippen LogP contribution in [-0.4, -0.2) is 35.6 Å². The molecular formula is C23H26N4O. The fourth-order valence-electron chi connectivity index (χ4n) is 3.89. The van der Waals surface area contributed by atoms with Crippen LogP contribution >= 0.6 is 0 Å². The molecule has 0 N–H and O–H groups in total. The van der Waals surface area contributed by atoms with Gasteiger partial charge in [0.25, 0.3) is 0 Å². The van der Waals surface area contributed by atoms with Crippen LogP contribution in [-0.2, 0) is 19.5 Å². The van der Waals surface area contributed by atoms with E-state index in [4.69, 9.17) is 4.74 Å². The number of anilines is 2. The minimum atomic E-state index is 0.410. The largest absolute Gasteiger partial charge is 0.467 e. The first-order valence-electron chi connectivity index (χ1n) is 9.71. The second-order valence-corrected chi connectivity index (χ2v) is 7.21. The minimum absolute atomic E-state index is 0.410. The fourth-order valence-corrected chi connectivity index (χ4v) is 3.89. The number of benzene rings is 2. The van der Waals surface area contributed by atoms with Gasteiger partial charge in [0.05, 0.1) is 7.11 Å². The SMILES string of the molecule is COc1ncc(CN2CCCc3ccccc3N(C)c3ccccc3C2)cn1. The first kappa shape index (κ1) is 18.4. The van der Waals surface area contributed by atoms with Crippen molar-refractivity contribution in [2.75, 3.05) is 25.6 Å². The van der Waals surface area contributed by atoms with Gasteiger partial charge in [0.15, 0.2) is 0 Å². The molecule has 0 unspecified atom stereocenters. The number of methoxy groups -OCH3 is 1. The summed E-state index contributed by atoms with van der Waals surface area (Å²) in [4.78, 5) is 13.3. The van der Waals surface area contributed by atoms with Gasteiger partial charge in [0.2, 0.25) is 0 Å². The standard InChI is InChI=1S/C23H26N4O/c1-26-21-11-5-3-8-19(21)10-7-13-27(17-20-9-4-6-12-22(20)26)16-18-14-24-23(28-2)25-15-18/h3-6,8-9,11-12,14-15H,7,10,13,16-17H2,1-2H3. The molecule has 1 aromatic heterocycles. The molecule has 0 atom stereocenters. The highest BCUT2D eigenvalue weighted by Crippen LogP contribution is 2.32. The zero-order valence-corrected chi connectivity index (χ0v) is 16.5. The Hall–Kier alpha value is -2.92. The molecule has 1 aliphatic heterocycles. The van der Waals surface area contributed by atoms with Crippen molar-refractivity contribution in [2.45, 2.75) is 25.9 Å². The number of fused-ring (bicyclic) bond motifs is 2. The second kappa shape index (κ2) is 8.40. The molecule has 0 saturated heterocycles. The molecule has 0 spiro atoms. The van der Waals surface area contributed by atoms with Crippen molar-refractivity contribution in [3.05, 3.63) is 77.6 Å². The molecule has 1 aliphatic rings. The number of nitrogens with zero attached hydrogens (tertiary/aromatic N) is 4. The predicted octanol–water partition coefficient (Wildman–Crippen LogP) is 4.20. The van der Waals surface area contributed by atoms with E-state index in [1.165, 1.54) is 22.5 Å². The van der Waals surface area contributed by atoms with E-state index in [-0.39, 0.29) is 0 Å². The lowest BCUT2D eigenvalue weighted by Crippen LogP contribution is -2.27. The lowest BCUT2D eigenvalue weighted by molar-refractivity contribution is 0.252. The highest BCUT2D eigenvalue weighted by molar-refractivity contribution is 5.68. The van der Waals surface area contributed by atoms with Crippen LogP contribution in [0.4, 0.5) is 11.4 Å². The van der Waals surface area contributed by atoms with E-state index in [0.717, 1.165) is 38.0 Å². The summed E-state index contributed by atoms with van der Waals surface area (Å²) >= 11 is 0. The molecule has 2 heterocycles. The summed E-state index contributed by atoms with van der Waals surface area (Å²) < 4.78 is 5.08. The van der Waals surface area contributed by atoms with Gasteiger partial charge in [-0.2, -0.15) is 0 Å². The van der Waals surface area contributed by atoms with Gasteiger partial charge in [0, 0.05) is 49.5 Å². The van der Waals surface area contributed by atoms with E-state index in [9.17, 15) is 0 Å². The molecule has 5 heteroatoms. The Morgan fingerprint density at radius 1 is 0.929 bits per heavy atom. The van der Waals surface area contributed by atoms with Gasteiger partial charge in [-0.25, -0.2) is 9.97 Å². The molecule has 4 rings (SSSR count). The maximum absolute atomic E-state index is 5.08. The number of aryl methyl sites for hydroxylation is 1. The topological polar surface area (TPSA) is 41.5 Å². The van der Waals surface area contributed by atoms with E-state index >= 15 is 0 Å². The second-order valence-electron chi connectivity index (χ2n) is 7.21. The predicted molar refractivity (Wildman–Crippen MR) is 112 cm³/mol. The van der Waals surface area contributed by atoms with Crippen molar-refractivity contribution in [3.8, 4) is 6.01 Å². The lowest BCUT2D eigenvalue weighted by Gasteiger charge is -2.30. The van der Waals surface area contributed by atoms with Gasteiger partial charge in [0.1, 0.15) is 0 Å². The first-order valence-corrected chi connectivity index (χ1v) is 9.71. The maximum atomic E-state index is 5.08. The Morgan fingerprint density at radius 3 is 2.29 bits per heavy atom. The molecule has 2 aromatic carbocycles. The molecule has 3 aromatic rings. The molecule has 5 nitrogen and oxygen atoms in total. The van der Waals surface area contributed by atoms with E-state index in [1.54, 1.807) is 7.11 Å². The third kappa shape index (κ3) is 3.99. The van der Waals surface area contributed by atoms with E-state index in [2.05, 4.69) is 75.3 Å². The van der Waals surface area contributed by atoms with E-state index in [0.29, 0.717) is 6.01 Å². The van der Waals surface area contributed by atoms with Crippen LogP contribution in [0.2, 0.25) is 0 Å². The van der Waals surface area contributed by atoms with E-state index < -0.39 is 0 Å². The van der Waals surface area contributed by atoms with Gasteiger partial charge in [-0.1, -0.05) is 36.4 Å². The van der Waals surface area contributed by atoms with Gasteiger partial charge in [-0.15, -0.1) is 0 Å². The van der Waals surface area contributed by atoms with Crippen molar-refractivity contribution in [3.63, 3.8) is 0 Å². The summed E-state index contributed by atoms with van der Waals surface area (Å²) in [5.74, 6) is 0. The number of para-hydroxylation sites is 2. The summed E-state index contributed by atoms with van der Waals surface area (Å²) in [6.07, 6.45) is 5.90. The van der Waals surface area contributed by atoms with Gasteiger partial charge in [-0.05, 0) is 42.6 Å². The number of aromatic nitrogens is 2. The Bertz CT molecular complexity index is 926. The van der Waals surface area contributed by atoms with Crippen LogP contribution in [0.1, 0.15) is 23.1 Å². The van der Waals surface area contributed by atoms with Crippen molar-refractivity contribution < 1.29 is 4.74 Å². The normalized spacial score (nSPS) is 14.9. The highest BCUT2D eigenvalue weighted by atomic mass is 16.5. The Morgan fingerprint density at radius 2 is 1.57 bits per heavy atom. The average molecular weight is 374 g/mol. The summed E-state index contributed by atoms with van der Waals surface area (Å²) in [7, 11) is 3.76. The Kier molecular flexibility index (Phi) is 5.53. The minimum Gasteiger partial charge on any atom is -0.467 e. The molecule has 0 saturated carbocycles. The summed E-state index contributed by atoms with van der Waals surface area (Å²) in [6, 6.07) is 17.8. The number of hydrogen-bond acceptors (Lipinski definition) is 5. The summed E-state index contributed by atoms with van der Waals surface area (Å²) in [5, 5.41) is 0. The molecule has 144 valence electrons. The van der Waals surface area contributed by atoms with Gasteiger partial charge < -0.3 is 9.64 Å². The molecular weight excluding hydrogens is 348 g/mol. The van der Waals surface area contributed by atoms with Crippen LogP contribution in [0.5, 0.6) is 6.01 Å². The zero-order valence-electron chi connectivity index (χ0n) is 16.5. The third-order valence-electron chi connectivity index (χ3n) is 5.29. The van der Waals surface area contributed by atoms with Crippen LogP contribution in [0, 0.1) is 0 Å². The molecule has 0 amide bonds. The third-order valence-corrected chi connectivity index (χ3v) is 5.29. The quantitative estimate of drug-likeness (QED) is 0.687. The van der Waals surface area contributed by atoms with Crippen LogP contribution < -0.4 is 9.64 Å². The monoisotopic (exact) mass is 374 g/mol. The van der Waals surface area contributed by atoms with Gasteiger partial charge >= 0.3 is 6.01 Å². The van der Waals surface area contributed by atoms with E-state index in [1.807, 2.05) is 12.4 Å². The molecule has 0 radical (unpaired) electrons. The smallest absolute Gasteiger partial charge is 0.316 e. The number of rotatable bonds is 3. The Balaban J connectivity index is 1.64. The summed E-state index contributed by atoms with van der Waals surface area (Å²) in [6.45, 7) is 2.75. The van der Waals surface area contributed by atoms with Crippen molar-refractivity contribution in [1.29, 1.82) is 0 Å². The number of hydrogen-bond donors (Lipinski definition) is 0. The molecule has 28 heavy (non-hydrogen) atoms. The van der Waals surface area contributed by atoms with Crippen molar-refractivity contribution in [2.24, 2.45) is 0 Å². The zero-order chi connectivity index (χ0) is 19.3. The molecule has 0 bridgehead atoms. The fraction of sp³-hybridized carbons (Fsp3) is 0.304. The van der Waals surface area contributed by atoms with Crippen LogP contribution in [0.15, 0.2) is 60.9 Å². The van der Waals surface area contributed by atoms with Crippen molar-refractivity contribution in [1.82, 2.24) is 14.9 Å². The van der Waals surface area contributed by atoms with Crippen LogP contribution in [0.25, 0.3) is 0 Å². The number of ether oxygens (including phenoxy) is 1.